The van der Waals surface area contributed by atoms with E-state index in [0.717, 1.165) is 4.90 Å². The number of imide groups is 1. The summed E-state index contributed by atoms with van der Waals surface area (Å²) in [6, 6.07) is 0. The van der Waals surface area contributed by atoms with E-state index in [2.05, 4.69) is 0 Å². The molecule has 0 aliphatic carbocycles. The highest BCUT2D eigenvalue weighted by Crippen LogP contribution is 2.02. The van der Waals surface area contributed by atoms with Gasteiger partial charge in [-0.3, -0.25) is 24.1 Å². The Labute approximate surface area is 88.4 Å². The molecule has 1 unspecified atom stereocenters. The van der Waals surface area contributed by atoms with Crippen molar-refractivity contribution < 1.29 is 19.2 Å². The molecule has 2 amide bonds. The summed E-state index contributed by atoms with van der Waals surface area (Å²) in [5.74, 6) is -3.57. The first-order chi connectivity index (χ1) is 6.82. The van der Waals surface area contributed by atoms with Crippen molar-refractivity contribution in [2.45, 2.75) is 27.2 Å². The van der Waals surface area contributed by atoms with E-state index in [1.807, 2.05) is 0 Å². The number of rotatable bonds is 4. The van der Waals surface area contributed by atoms with E-state index >= 15 is 0 Å². The first-order valence-corrected chi connectivity index (χ1v) is 4.68. The lowest BCUT2D eigenvalue weighted by Crippen LogP contribution is -2.41. The van der Waals surface area contributed by atoms with Crippen molar-refractivity contribution in [2.75, 3.05) is 7.05 Å². The minimum atomic E-state index is -0.982. The third kappa shape index (κ3) is 3.27. The summed E-state index contributed by atoms with van der Waals surface area (Å²) in [5, 5.41) is 0. The molecular weight excluding hydrogens is 198 g/mol. The maximum atomic E-state index is 11.4. The Hall–Kier alpha value is -1.52. The minimum absolute atomic E-state index is 0.143. The Bertz CT molecular complexity index is 309. The minimum Gasteiger partial charge on any atom is -0.299 e. The highest BCUT2D eigenvalue weighted by atomic mass is 16.2. The molecule has 0 saturated carbocycles. The van der Waals surface area contributed by atoms with Crippen molar-refractivity contribution in [2.24, 2.45) is 5.92 Å². The molecule has 0 aliphatic heterocycles. The van der Waals surface area contributed by atoms with Gasteiger partial charge in [-0.15, -0.1) is 0 Å². The molecule has 5 nitrogen and oxygen atoms in total. The molecule has 0 spiro atoms. The number of carbonyl (C=O) groups excluding carboxylic acids is 4. The Morgan fingerprint density at radius 3 is 2.00 bits per heavy atom. The van der Waals surface area contributed by atoms with Crippen LogP contribution >= 0.6 is 0 Å². The summed E-state index contributed by atoms with van der Waals surface area (Å²) in [5.41, 5.74) is 0. The maximum absolute atomic E-state index is 11.4. The molecule has 84 valence electrons. The molecule has 0 N–H and O–H groups in total. The highest BCUT2D eigenvalue weighted by molar-refractivity contribution is 6.42. The van der Waals surface area contributed by atoms with Crippen LogP contribution in [0.5, 0.6) is 0 Å². The fraction of sp³-hybridized carbons (Fsp3) is 0.600. The SMILES string of the molecule is CCC(=O)N(C)C(=O)C(=O)C(C)C(C)=O. The molecule has 15 heavy (non-hydrogen) atoms. The van der Waals surface area contributed by atoms with Crippen molar-refractivity contribution in [1.82, 2.24) is 4.90 Å². The van der Waals surface area contributed by atoms with Gasteiger partial charge in [0, 0.05) is 13.5 Å². The van der Waals surface area contributed by atoms with Gasteiger partial charge in [0.15, 0.2) is 0 Å². The molecule has 0 radical (unpaired) electrons. The Balaban J connectivity index is 4.66. The van der Waals surface area contributed by atoms with Crippen molar-refractivity contribution in [1.29, 1.82) is 0 Å². The van der Waals surface area contributed by atoms with Gasteiger partial charge in [-0.2, -0.15) is 0 Å². The summed E-state index contributed by atoms with van der Waals surface area (Å²) in [6.45, 7) is 4.18. The molecule has 0 rings (SSSR count). The van der Waals surface area contributed by atoms with Crippen LogP contribution in [0.1, 0.15) is 27.2 Å². The second-order valence-electron chi connectivity index (χ2n) is 3.31. The van der Waals surface area contributed by atoms with Gasteiger partial charge in [-0.05, 0) is 13.8 Å². The summed E-state index contributed by atoms with van der Waals surface area (Å²) in [6.07, 6.45) is 0.143. The van der Waals surface area contributed by atoms with E-state index < -0.39 is 23.5 Å². The van der Waals surface area contributed by atoms with Crippen LogP contribution in [0, 0.1) is 5.92 Å². The molecule has 1 atom stereocenters. The van der Waals surface area contributed by atoms with Gasteiger partial charge in [0.25, 0.3) is 5.91 Å². The second kappa shape index (κ2) is 5.38. The number of hydrogen-bond acceptors (Lipinski definition) is 4. The first kappa shape index (κ1) is 13.5. The Morgan fingerprint density at radius 1 is 1.20 bits per heavy atom. The quantitative estimate of drug-likeness (QED) is 0.493. The predicted molar refractivity (Wildman–Crippen MR) is 52.9 cm³/mol. The van der Waals surface area contributed by atoms with E-state index in [-0.39, 0.29) is 12.2 Å². The molecule has 5 heteroatoms. The maximum Gasteiger partial charge on any atom is 0.297 e. The fourth-order valence-corrected chi connectivity index (χ4v) is 0.886. The Morgan fingerprint density at radius 2 is 1.67 bits per heavy atom. The van der Waals surface area contributed by atoms with Crippen LogP contribution in [-0.4, -0.2) is 35.3 Å². The smallest absolute Gasteiger partial charge is 0.297 e. The molecule has 0 aromatic carbocycles. The molecule has 0 saturated heterocycles. The van der Waals surface area contributed by atoms with Crippen LogP contribution in [0.4, 0.5) is 0 Å². The Kier molecular flexibility index (Phi) is 4.84. The van der Waals surface area contributed by atoms with E-state index in [0.29, 0.717) is 0 Å². The van der Waals surface area contributed by atoms with Crippen LogP contribution in [0.15, 0.2) is 0 Å². The van der Waals surface area contributed by atoms with E-state index in [4.69, 9.17) is 0 Å². The second-order valence-corrected chi connectivity index (χ2v) is 3.31. The van der Waals surface area contributed by atoms with E-state index in [1.54, 1.807) is 6.92 Å². The zero-order valence-electron chi connectivity index (χ0n) is 9.36. The lowest BCUT2D eigenvalue weighted by Gasteiger charge is -2.14. The standard InChI is InChI=1S/C10H15NO4/c1-5-8(13)11(4)10(15)9(14)6(2)7(3)12/h6H,5H2,1-4H3. The topological polar surface area (TPSA) is 71.5 Å². The van der Waals surface area contributed by atoms with Crippen LogP contribution in [-0.2, 0) is 19.2 Å². The van der Waals surface area contributed by atoms with Crippen LogP contribution in [0.25, 0.3) is 0 Å². The van der Waals surface area contributed by atoms with Gasteiger partial charge in [0.05, 0.1) is 5.92 Å². The van der Waals surface area contributed by atoms with E-state index in [1.165, 1.54) is 20.9 Å². The van der Waals surface area contributed by atoms with Gasteiger partial charge >= 0.3 is 0 Å². The largest absolute Gasteiger partial charge is 0.299 e. The van der Waals surface area contributed by atoms with Crippen molar-refractivity contribution in [3.05, 3.63) is 0 Å². The zero-order valence-corrected chi connectivity index (χ0v) is 9.36. The average Bonchev–Trinajstić information content (AvgIpc) is 2.23. The lowest BCUT2D eigenvalue weighted by atomic mass is 10.0. The van der Waals surface area contributed by atoms with Gasteiger partial charge in [0.1, 0.15) is 5.78 Å². The van der Waals surface area contributed by atoms with Crippen molar-refractivity contribution in [3.8, 4) is 0 Å². The van der Waals surface area contributed by atoms with Gasteiger partial charge < -0.3 is 0 Å². The summed E-state index contributed by atoms with van der Waals surface area (Å²) < 4.78 is 0. The van der Waals surface area contributed by atoms with Crippen LogP contribution in [0.2, 0.25) is 0 Å². The lowest BCUT2D eigenvalue weighted by molar-refractivity contribution is -0.152. The third-order valence-corrected chi connectivity index (χ3v) is 2.20. The first-order valence-electron chi connectivity index (χ1n) is 4.68. The molecule has 0 bridgehead atoms. The zero-order chi connectivity index (χ0) is 12.2. The molecule has 0 aromatic heterocycles. The summed E-state index contributed by atoms with van der Waals surface area (Å²) in [4.78, 5) is 45.5. The molecular formula is C10H15NO4. The molecule has 0 aromatic rings. The van der Waals surface area contributed by atoms with Gasteiger partial charge in [-0.1, -0.05) is 6.92 Å². The number of carbonyl (C=O) groups is 4. The van der Waals surface area contributed by atoms with Gasteiger partial charge in [0.2, 0.25) is 11.7 Å². The highest BCUT2D eigenvalue weighted by Gasteiger charge is 2.29. The predicted octanol–water partition coefficient (Wildman–Crippen LogP) is 0.176. The average molecular weight is 213 g/mol. The molecule has 0 fully saturated rings. The van der Waals surface area contributed by atoms with Crippen LogP contribution in [0.3, 0.4) is 0 Å². The number of nitrogens with zero attached hydrogens (tertiary/aromatic N) is 1. The number of hydrogen-bond donors (Lipinski definition) is 0. The molecule has 0 aliphatic rings. The number of ketones is 2. The number of likely N-dealkylation sites (N-methyl/N-ethyl adjacent to an activating group) is 1. The summed E-state index contributed by atoms with van der Waals surface area (Å²) >= 11 is 0. The van der Waals surface area contributed by atoms with Crippen LogP contribution < -0.4 is 0 Å². The summed E-state index contributed by atoms with van der Waals surface area (Å²) in [7, 11) is 1.24. The van der Waals surface area contributed by atoms with Crippen molar-refractivity contribution in [3.63, 3.8) is 0 Å². The normalized spacial score (nSPS) is 11.7. The fourth-order valence-electron chi connectivity index (χ4n) is 0.886. The monoisotopic (exact) mass is 213 g/mol. The van der Waals surface area contributed by atoms with Crippen molar-refractivity contribution >= 4 is 23.4 Å². The van der Waals surface area contributed by atoms with E-state index in [9.17, 15) is 19.2 Å². The molecule has 0 heterocycles. The van der Waals surface area contributed by atoms with Gasteiger partial charge in [-0.25, -0.2) is 0 Å². The number of amides is 2. The third-order valence-electron chi connectivity index (χ3n) is 2.20. The number of Topliss-reactive ketones (excluding diaryl/α,β-unsaturated/α-hetero) is 2.